The van der Waals surface area contributed by atoms with Crippen molar-refractivity contribution in [2.24, 2.45) is 5.92 Å². The monoisotopic (exact) mass is 298 g/mol. The Balaban J connectivity index is 0.00000172. The van der Waals surface area contributed by atoms with Gasteiger partial charge in [0.1, 0.15) is 10.2 Å². The van der Waals surface area contributed by atoms with E-state index in [9.17, 15) is 4.79 Å². The van der Waals surface area contributed by atoms with Crippen molar-refractivity contribution in [3.8, 4) is 0 Å². The number of unbranched alkanes of at least 4 members (excludes halogenated alkanes) is 1. The molecule has 116 valence electrons. The third-order valence-electron chi connectivity index (χ3n) is 3.15. The van der Waals surface area contributed by atoms with Gasteiger partial charge in [0.2, 0.25) is 5.43 Å². The molecule has 0 aliphatic heterocycles. The number of nitrogens with one attached hydrogen (secondary N) is 1. The predicted molar refractivity (Wildman–Crippen MR) is 93.4 cm³/mol. The normalized spacial score (nSPS) is 10.3. The molecule has 0 aliphatic rings. The number of rotatable bonds is 8. The lowest BCUT2D eigenvalue weighted by molar-refractivity contribution is 0.538. The molecule has 0 saturated heterocycles. The fourth-order valence-corrected chi connectivity index (χ4v) is 2.36. The van der Waals surface area contributed by atoms with Crippen LogP contribution in [0.2, 0.25) is 0 Å². The maximum Gasteiger partial charge on any atom is 0.224 e. The lowest BCUT2D eigenvalue weighted by atomic mass is 10.1. The Hall–Kier alpha value is -0.900. The summed E-state index contributed by atoms with van der Waals surface area (Å²) in [4.78, 5) is 13.8. The SMILES string of the molecule is CC.CCNc1c(N(C)CCCCC(C)C)c(=O)c1=S. The Morgan fingerprint density at radius 3 is 2.35 bits per heavy atom. The summed E-state index contributed by atoms with van der Waals surface area (Å²) in [6.45, 7) is 12.2. The molecule has 0 bridgehead atoms. The molecule has 4 heteroatoms. The topological polar surface area (TPSA) is 32.3 Å². The second kappa shape index (κ2) is 9.92. The van der Waals surface area contributed by atoms with E-state index in [1.54, 1.807) is 0 Å². The lowest BCUT2D eigenvalue weighted by Crippen LogP contribution is -2.30. The molecular formula is C16H30N2OS. The van der Waals surface area contributed by atoms with Gasteiger partial charge in [-0.3, -0.25) is 4.79 Å². The molecule has 0 fully saturated rings. The fraction of sp³-hybridized carbons (Fsp3) is 0.750. The first-order valence-corrected chi connectivity index (χ1v) is 8.18. The molecule has 0 radical (unpaired) electrons. The zero-order valence-corrected chi connectivity index (χ0v) is 14.7. The Morgan fingerprint density at radius 1 is 1.25 bits per heavy atom. The minimum atomic E-state index is 0.0207. The van der Waals surface area contributed by atoms with E-state index in [2.05, 4.69) is 19.2 Å². The van der Waals surface area contributed by atoms with Gasteiger partial charge < -0.3 is 10.2 Å². The molecule has 1 aromatic rings. The van der Waals surface area contributed by atoms with Crippen LogP contribution in [0, 0.1) is 10.4 Å². The fourth-order valence-electron chi connectivity index (χ4n) is 2.10. The van der Waals surface area contributed by atoms with Gasteiger partial charge in [0, 0.05) is 20.1 Å². The summed E-state index contributed by atoms with van der Waals surface area (Å²) >= 11 is 5.06. The van der Waals surface area contributed by atoms with Gasteiger partial charge in [0.05, 0.1) is 5.69 Å². The van der Waals surface area contributed by atoms with Gasteiger partial charge in [-0.05, 0) is 19.3 Å². The highest BCUT2D eigenvalue weighted by molar-refractivity contribution is 7.71. The highest BCUT2D eigenvalue weighted by atomic mass is 32.1. The predicted octanol–water partition coefficient (Wildman–Crippen LogP) is 4.37. The molecule has 0 spiro atoms. The average molecular weight is 298 g/mol. The van der Waals surface area contributed by atoms with E-state index in [0.717, 1.165) is 36.8 Å². The first kappa shape index (κ1) is 19.1. The van der Waals surface area contributed by atoms with Crippen molar-refractivity contribution < 1.29 is 0 Å². The first-order valence-electron chi connectivity index (χ1n) is 7.77. The summed E-state index contributed by atoms with van der Waals surface area (Å²) < 4.78 is 0.459. The van der Waals surface area contributed by atoms with Crippen LogP contribution in [0.5, 0.6) is 0 Å². The Kier molecular flexibility index (Phi) is 9.47. The molecule has 0 atom stereocenters. The maximum absolute atomic E-state index is 11.7. The van der Waals surface area contributed by atoms with Crippen molar-refractivity contribution >= 4 is 23.6 Å². The van der Waals surface area contributed by atoms with Crippen LogP contribution in [-0.2, 0) is 0 Å². The first-order chi connectivity index (χ1) is 9.49. The largest absolute Gasteiger partial charge is 0.382 e. The molecule has 0 heterocycles. The van der Waals surface area contributed by atoms with Crippen molar-refractivity contribution in [3.05, 3.63) is 14.7 Å². The summed E-state index contributed by atoms with van der Waals surface area (Å²) in [5, 5.41) is 3.18. The van der Waals surface area contributed by atoms with Crippen LogP contribution in [0.25, 0.3) is 0 Å². The van der Waals surface area contributed by atoms with Crippen LogP contribution in [0.1, 0.15) is 53.9 Å². The van der Waals surface area contributed by atoms with E-state index in [1.165, 1.54) is 12.8 Å². The quantitative estimate of drug-likeness (QED) is 0.570. The van der Waals surface area contributed by atoms with Crippen LogP contribution in [0.3, 0.4) is 0 Å². The molecule has 0 saturated carbocycles. The molecule has 0 amide bonds. The van der Waals surface area contributed by atoms with Crippen LogP contribution in [-0.4, -0.2) is 20.1 Å². The van der Waals surface area contributed by atoms with Crippen molar-refractivity contribution in [3.63, 3.8) is 0 Å². The molecule has 0 aromatic heterocycles. The summed E-state index contributed by atoms with van der Waals surface area (Å²) in [5.41, 5.74) is 1.66. The molecule has 0 aliphatic carbocycles. The minimum absolute atomic E-state index is 0.0207. The summed E-state index contributed by atoms with van der Waals surface area (Å²) in [7, 11) is 1.97. The zero-order valence-electron chi connectivity index (χ0n) is 13.9. The Morgan fingerprint density at radius 2 is 1.85 bits per heavy atom. The second-order valence-corrected chi connectivity index (χ2v) is 5.63. The minimum Gasteiger partial charge on any atom is -0.382 e. The van der Waals surface area contributed by atoms with Crippen LogP contribution in [0.15, 0.2) is 4.79 Å². The van der Waals surface area contributed by atoms with Crippen molar-refractivity contribution in [1.29, 1.82) is 0 Å². The Labute approximate surface area is 129 Å². The molecular weight excluding hydrogens is 268 g/mol. The number of nitrogens with zero attached hydrogens (tertiary/aromatic N) is 1. The molecule has 1 rings (SSSR count). The summed E-state index contributed by atoms with van der Waals surface area (Å²) in [6, 6.07) is 0. The third-order valence-corrected chi connectivity index (χ3v) is 3.53. The molecule has 1 N–H and O–H groups in total. The second-order valence-electron chi connectivity index (χ2n) is 5.22. The van der Waals surface area contributed by atoms with Crippen LogP contribution < -0.4 is 15.6 Å². The van der Waals surface area contributed by atoms with Gasteiger partial charge in [-0.1, -0.05) is 52.8 Å². The number of hydrogen-bond donors (Lipinski definition) is 1. The van der Waals surface area contributed by atoms with E-state index >= 15 is 0 Å². The molecule has 20 heavy (non-hydrogen) atoms. The van der Waals surface area contributed by atoms with E-state index in [-0.39, 0.29) is 5.43 Å². The summed E-state index contributed by atoms with van der Waals surface area (Å²) in [5.74, 6) is 0.754. The van der Waals surface area contributed by atoms with Crippen LogP contribution in [0.4, 0.5) is 11.4 Å². The van der Waals surface area contributed by atoms with Gasteiger partial charge in [-0.2, -0.15) is 0 Å². The maximum atomic E-state index is 11.7. The standard InChI is InChI=1S/C14H24N2OS.C2H6/c1-5-15-11-12(13(17)14(11)18)16(4)9-7-6-8-10(2)3;1-2/h10,15H,5-9H2,1-4H3;1-2H3. The molecule has 3 nitrogen and oxygen atoms in total. The highest BCUT2D eigenvalue weighted by Gasteiger charge is 2.20. The van der Waals surface area contributed by atoms with E-state index in [4.69, 9.17) is 12.2 Å². The third kappa shape index (κ3) is 5.23. The molecule has 0 unspecified atom stereocenters. The van der Waals surface area contributed by atoms with E-state index in [1.807, 2.05) is 32.7 Å². The smallest absolute Gasteiger partial charge is 0.224 e. The van der Waals surface area contributed by atoms with Crippen LogP contribution >= 0.6 is 12.2 Å². The van der Waals surface area contributed by atoms with Crippen molar-refractivity contribution in [2.75, 3.05) is 30.4 Å². The van der Waals surface area contributed by atoms with Crippen molar-refractivity contribution in [1.82, 2.24) is 0 Å². The lowest BCUT2D eigenvalue weighted by Gasteiger charge is -2.24. The highest BCUT2D eigenvalue weighted by Crippen LogP contribution is 2.26. The number of anilines is 2. The van der Waals surface area contributed by atoms with E-state index < -0.39 is 0 Å². The van der Waals surface area contributed by atoms with Gasteiger partial charge in [-0.25, -0.2) is 0 Å². The zero-order chi connectivity index (χ0) is 15.7. The van der Waals surface area contributed by atoms with Gasteiger partial charge in [-0.15, -0.1) is 0 Å². The Bertz CT molecular complexity index is 447. The van der Waals surface area contributed by atoms with Crippen molar-refractivity contribution in [2.45, 2.75) is 53.9 Å². The van der Waals surface area contributed by atoms with Gasteiger partial charge in [0.15, 0.2) is 0 Å². The van der Waals surface area contributed by atoms with Gasteiger partial charge in [0.25, 0.3) is 0 Å². The summed E-state index contributed by atoms with van der Waals surface area (Å²) in [6.07, 6.45) is 3.58. The molecule has 1 aromatic carbocycles. The van der Waals surface area contributed by atoms with E-state index in [0.29, 0.717) is 4.51 Å². The average Bonchev–Trinajstić information content (AvgIpc) is 2.44. The number of hydrogen-bond acceptors (Lipinski definition) is 4. The van der Waals surface area contributed by atoms with Gasteiger partial charge >= 0.3 is 0 Å².